The van der Waals surface area contributed by atoms with Crippen LogP contribution in [0.3, 0.4) is 0 Å². The highest BCUT2D eigenvalue weighted by atomic mass is 127. The molecule has 0 saturated carbocycles. The van der Waals surface area contributed by atoms with Gasteiger partial charge in [0.15, 0.2) is 5.75 Å². The zero-order valence-electron chi connectivity index (χ0n) is 6.61. The smallest absolute Gasteiger partial charge is 0.308 e. The summed E-state index contributed by atoms with van der Waals surface area (Å²) in [5.74, 6) is -0.126. The molecular formula is C8H5Cl2IO2. The first-order valence-corrected chi connectivity index (χ1v) is 5.17. The molecule has 0 aliphatic carbocycles. The van der Waals surface area contributed by atoms with Gasteiger partial charge in [0, 0.05) is 10.5 Å². The average molecular weight is 331 g/mol. The molecular weight excluding hydrogens is 326 g/mol. The van der Waals surface area contributed by atoms with Crippen LogP contribution in [0.4, 0.5) is 0 Å². The first-order valence-electron chi connectivity index (χ1n) is 3.34. The molecule has 0 spiro atoms. The minimum Gasteiger partial charge on any atom is -0.425 e. The van der Waals surface area contributed by atoms with E-state index < -0.39 is 5.97 Å². The number of hydrogen-bond donors (Lipinski definition) is 0. The first-order chi connectivity index (χ1) is 6.02. The van der Waals surface area contributed by atoms with Gasteiger partial charge in [-0.05, 0) is 34.7 Å². The van der Waals surface area contributed by atoms with E-state index in [9.17, 15) is 4.79 Å². The van der Waals surface area contributed by atoms with E-state index in [1.165, 1.54) is 6.92 Å². The molecule has 0 heterocycles. The molecule has 0 aliphatic rings. The molecule has 1 aromatic rings. The Kier molecular flexibility index (Phi) is 3.82. The normalized spacial score (nSPS) is 9.85. The Morgan fingerprint density at radius 1 is 1.38 bits per heavy atom. The summed E-state index contributed by atoms with van der Waals surface area (Å²) in [6.45, 7) is 1.31. The quantitative estimate of drug-likeness (QED) is 0.341. The number of carbonyl (C=O) groups is 1. The molecule has 0 saturated heterocycles. The first kappa shape index (κ1) is 11.1. The van der Waals surface area contributed by atoms with Gasteiger partial charge in [-0.2, -0.15) is 0 Å². The fourth-order valence-electron chi connectivity index (χ4n) is 0.742. The number of benzene rings is 1. The maximum Gasteiger partial charge on any atom is 0.308 e. The second-order valence-corrected chi connectivity index (χ2v) is 4.19. The highest BCUT2D eigenvalue weighted by molar-refractivity contribution is 14.1. The van der Waals surface area contributed by atoms with Gasteiger partial charge < -0.3 is 4.74 Å². The lowest BCUT2D eigenvalue weighted by molar-refractivity contribution is -0.131. The van der Waals surface area contributed by atoms with Crippen molar-refractivity contribution in [3.05, 3.63) is 25.7 Å². The van der Waals surface area contributed by atoms with Gasteiger partial charge in [0.25, 0.3) is 0 Å². The summed E-state index contributed by atoms with van der Waals surface area (Å²) in [4.78, 5) is 10.6. The fraction of sp³-hybridized carbons (Fsp3) is 0.125. The number of carbonyl (C=O) groups excluding carboxylic acids is 1. The second kappa shape index (κ2) is 4.48. The van der Waals surface area contributed by atoms with Crippen molar-refractivity contribution in [1.82, 2.24) is 0 Å². The molecule has 13 heavy (non-hydrogen) atoms. The monoisotopic (exact) mass is 330 g/mol. The SMILES string of the molecule is CC(=O)Oc1ccc(I)c(Cl)c1Cl. The van der Waals surface area contributed by atoms with Crippen LogP contribution in [0.15, 0.2) is 12.1 Å². The minimum atomic E-state index is -0.417. The summed E-state index contributed by atoms with van der Waals surface area (Å²) in [7, 11) is 0. The van der Waals surface area contributed by atoms with Crippen molar-refractivity contribution in [2.24, 2.45) is 0 Å². The highest BCUT2D eigenvalue weighted by Gasteiger charge is 2.10. The van der Waals surface area contributed by atoms with Gasteiger partial charge >= 0.3 is 5.97 Å². The molecule has 1 aromatic carbocycles. The summed E-state index contributed by atoms with van der Waals surface area (Å²) < 4.78 is 5.64. The number of ether oxygens (including phenoxy) is 1. The van der Waals surface area contributed by atoms with Gasteiger partial charge in [-0.15, -0.1) is 0 Å². The molecule has 0 bridgehead atoms. The van der Waals surface area contributed by atoms with Crippen LogP contribution in [0.1, 0.15) is 6.92 Å². The number of halogens is 3. The number of hydrogen-bond acceptors (Lipinski definition) is 2. The lowest BCUT2D eigenvalue weighted by atomic mass is 10.3. The van der Waals surface area contributed by atoms with Crippen LogP contribution in [0.25, 0.3) is 0 Å². The molecule has 2 nitrogen and oxygen atoms in total. The van der Waals surface area contributed by atoms with E-state index in [2.05, 4.69) is 0 Å². The summed E-state index contributed by atoms with van der Waals surface area (Å²) in [6.07, 6.45) is 0. The van der Waals surface area contributed by atoms with Gasteiger partial charge in [0.05, 0.1) is 5.02 Å². The Hall–Kier alpha value is -0.000000000000000111. The third-order valence-corrected chi connectivity index (χ3v) is 3.34. The Balaban J connectivity index is 3.10. The predicted molar refractivity (Wildman–Crippen MR) is 60.5 cm³/mol. The Labute approximate surface area is 99.3 Å². The fourth-order valence-corrected chi connectivity index (χ4v) is 1.71. The maximum absolute atomic E-state index is 10.6. The van der Waals surface area contributed by atoms with Crippen molar-refractivity contribution in [1.29, 1.82) is 0 Å². The molecule has 5 heteroatoms. The zero-order chi connectivity index (χ0) is 10.0. The van der Waals surface area contributed by atoms with Gasteiger partial charge in [-0.3, -0.25) is 4.79 Å². The third kappa shape index (κ3) is 2.72. The van der Waals surface area contributed by atoms with Crippen LogP contribution in [-0.2, 0) is 4.79 Å². The Morgan fingerprint density at radius 3 is 2.54 bits per heavy atom. The van der Waals surface area contributed by atoms with Crippen LogP contribution in [0.5, 0.6) is 5.75 Å². The minimum absolute atomic E-state index is 0.267. The van der Waals surface area contributed by atoms with Crippen LogP contribution >= 0.6 is 45.8 Å². The van der Waals surface area contributed by atoms with Crippen LogP contribution in [-0.4, -0.2) is 5.97 Å². The summed E-state index contributed by atoms with van der Waals surface area (Å²) in [5.41, 5.74) is 0. The molecule has 0 fully saturated rings. The molecule has 0 N–H and O–H groups in total. The van der Waals surface area contributed by atoms with E-state index in [-0.39, 0.29) is 5.02 Å². The summed E-state index contributed by atoms with van der Waals surface area (Å²) >= 11 is 13.7. The molecule has 70 valence electrons. The predicted octanol–water partition coefficient (Wildman–Crippen LogP) is 3.52. The van der Waals surface area contributed by atoms with Gasteiger partial charge in [-0.25, -0.2) is 0 Å². The summed E-state index contributed by atoms with van der Waals surface area (Å²) in [6, 6.07) is 3.34. The maximum atomic E-state index is 10.6. The largest absolute Gasteiger partial charge is 0.425 e. The van der Waals surface area contributed by atoms with Gasteiger partial charge in [0.2, 0.25) is 0 Å². The van der Waals surface area contributed by atoms with E-state index in [4.69, 9.17) is 27.9 Å². The highest BCUT2D eigenvalue weighted by Crippen LogP contribution is 2.35. The van der Waals surface area contributed by atoms with E-state index in [1.807, 2.05) is 22.6 Å². The topological polar surface area (TPSA) is 26.3 Å². The van der Waals surface area contributed by atoms with Crippen LogP contribution in [0, 0.1) is 3.57 Å². The van der Waals surface area contributed by atoms with Crippen molar-refractivity contribution in [3.63, 3.8) is 0 Å². The summed E-state index contributed by atoms with van der Waals surface area (Å²) in [5, 5.41) is 0.671. The molecule has 0 aliphatic heterocycles. The molecule has 0 aromatic heterocycles. The van der Waals surface area contributed by atoms with Crippen molar-refractivity contribution in [2.45, 2.75) is 6.92 Å². The molecule has 0 amide bonds. The number of rotatable bonds is 1. The van der Waals surface area contributed by atoms with Crippen LogP contribution in [0.2, 0.25) is 10.0 Å². The van der Waals surface area contributed by atoms with E-state index in [0.717, 1.165) is 3.57 Å². The van der Waals surface area contributed by atoms with E-state index in [0.29, 0.717) is 10.8 Å². The zero-order valence-corrected chi connectivity index (χ0v) is 10.3. The van der Waals surface area contributed by atoms with Gasteiger partial charge in [0.1, 0.15) is 5.02 Å². The Morgan fingerprint density at radius 2 is 2.00 bits per heavy atom. The van der Waals surface area contributed by atoms with Gasteiger partial charge in [-0.1, -0.05) is 23.2 Å². The van der Waals surface area contributed by atoms with Crippen molar-refractivity contribution >= 4 is 51.8 Å². The standard InChI is InChI=1S/C8H5Cl2IO2/c1-4(12)13-6-3-2-5(11)7(9)8(6)10/h2-3H,1H3. The Bertz CT molecular complexity index is 352. The number of esters is 1. The van der Waals surface area contributed by atoms with Crippen molar-refractivity contribution < 1.29 is 9.53 Å². The van der Waals surface area contributed by atoms with Crippen molar-refractivity contribution in [3.8, 4) is 5.75 Å². The lowest BCUT2D eigenvalue weighted by Crippen LogP contribution is -2.02. The molecule has 0 unspecified atom stereocenters. The van der Waals surface area contributed by atoms with E-state index >= 15 is 0 Å². The average Bonchev–Trinajstić information content (AvgIpc) is 2.06. The lowest BCUT2D eigenvalue weighted by Gasteiger charge is -2.05. The molecule has 0 radical (unpaired) electrons. The van der Waals surface area contributed by atoms with Crippen LogP contribution < -0.4 is 4.74 Å². The molecule has 1 rings (SSSR count). The van der Waals surface area contributed by atoms with E-state index in [1.54, 1.807) is 12.1 Å². The van der Waals surface area contributed by atoms with Crippen molar-refractivity contribution in [2.75, 3.05) is 0 Å². The third-order valence-electron chi connectivity index (χ3n) is 1.25. The second-order valence-electron chi connectivity index (χ2n) is 2.27. The molecule has 0 atom stereocenters.